The Morgan fingerprint density at radius 1 is 1.33 bits per heavy atom. The van der Waals surface area contributed by atoms with Gasteiger partial charge in [0.25, 0.3) is 5.56 Å². The van der Waals surface area contributed by atoms with Crippen LogP contribution in [0.15, 0.2) is 27.5 Å². The Bertz CT molecular complexity index is 894. The van der Waals surface area contributed by atoms with Gasteiger partial charge in [0.1, 0.15) is 12.6 Å². The predicted molar refractivity (Wildman–Crippen MR) is 109 cm³/mol. The number of piperidine rings is 1. The zero-order valence-corrected chi connectivity index (χ0v) is 17.1. The molecule has 2 aromatic rings. The summed E-state index contributed by atoms with van der Waals surface area (Å²) in [6.45, 7) is 1.63. The molecule has 1 aliphatic carbocycles. The third-order valence-corrected chi connectivity index (χ3v) is 5.14. The number of rotatable bonds is 5. The van der Waals surface area contributed by atoms with Crippen molar-refractivity contribution in [2.45, 2.75) is 44.4 Å². The fourth-order valence-corrected chi connectivity index (χ4v) is 3.51. The SMILES string of the molecule is Cl.O=C(Cn1nc(OC2CC2)c2cc(Br)ccc2c1=O)N[C@@H]1CCCNC1. The summed E-state index contributed by atoms with van der Waals surface area (Å²) in [5, 5.41) is 11.7. The third kappa shape index (κ3) is 4.80. The molecule has 1 aromatic heterocycles. The normalized spacial score (nSPS) is 19.4. The molecule has 9 heteroatoms. The standard InChI is InChI=1S/C18H21BrN4O3.ClH/c19-11-3-6-14-15(8-11)17(26-13-4-5-13)22-23(18(14)25)10-16(24)21-12-2-1-7-20-9-12;/h3,6,8,12-13,20H,1-2,4-5,7,9-10H2,(H,21,24);1H/t12-;/m1./s1. The number of carbonyl (C=O) groups is 1. The van der Waals surface area contributed by atoms with Crippen LogP contribution in [0, 0.1) is 0 Å². The van der Waals surface area contributed by atoms with Gasteiger partial charge in [0, 0.05) is 17.1 Å². The minimum Gasteiger partial charge on any atom is -0.473 e. The smallest absolute Gasteiger partial charge is 0.275 e. The number of nitrogens with one attached hydrogen (secondary N) is 2. The van der Waals surface area contributed by atoms with Gasteiger partial charge in [-0.3, -0.25) is 9.59 Å². The van der Waals surface area contributed by atoms with Crippen molar-refractivity contribution < 1.29 is 9.53 Å². The highest BCUT2D eigenvalue weighted by Crippen LogP contribution is 2.30. The van der Waals surface area contributed by atoms with E-state index in [1.807, 2.05) is 12.1 Å². The molecular weight excluding hydrogens is 436 g/mol. The van der Waals surface area contributed by atoms with Crippen LogP contribution in [-0.2, 0) is 11.3 Å². The molecule has 2 heterocycles. The molecule has 1 aromatic carbocycles. The van der Waals surface area contributed by atoms with Crippen molar-refractivity contribution in [3.8, 4) is 5.88 Å². The maximum absolute atomic E-state index is 12.8. The minimum atomic E-state index is -0.285. The van der Waals surface area contributed by atoms with E-state index >= 15 is 0 Å². The summed E-state index contributed by atoms with van der Waals surface area (Å²) >= 11 is 3.42. The fraction of sp³-hybridized carbons (Fsp3) is 0.500. The quantitative estimate of drug-likeness (QED) is 0.717. The fourth-order valence-electron chi connectivity index (χ4n) is 3.15. The molecule has 0 radical (unpaired) electrons. The number of fused-ring (bicyclic) bond motifs is 1. The van der Waals surface area contributed by atoms with Crippen LogP contribution in [0.4, 0.5) is 0 Å². The van der Waals surface area contributed by atoms with Crippen LogP contribution in [0.3, 0.4) is 0 Å². The van der Waals surface area contributed by atoms with Crippen LogP contribution in [0.25, 0.3) is 10.8 Å². The maximum Gasteiger partial charge on any atom is 0.275 e. The molecule has 146 valence electrons. The Labute approximate surface area is 171 Å². The van der Waals surface area contributed by atoms with Crippen molar-refractivity contribution in [2.24, 2.45) is 0 Å². The second kappa shape index (κ2) is 8.58. The first kappa shape index (κ1) is 20.1. The van der Waals surface area contributed by atoms with E-state index in [-0.39, 0.29) is 42.6 Å². The molecule has 0 bridgehead atoms. The van der Waals surface area contributed by atoms with E-state index in [4.69, 9.17) is 4.74 Å². The topological polar surface area (TPSA) is 85.2 Å². The summed E-state index contributed by atoms with van der Waals surface area (Å²) in [4.78, 5) is 25.1. The van der Waals surface area contributed by atoms with Crippen molar-refractivity contribution in [1.29, 1.82) is 0 Å². The molecule has 4 rings (SSSR count). The van der Waals surface area contributed by atoms with Crippen molar-refractivity contribution in [3.05, 3.63) is 33.0 Å². The van der Waals surface area contributed by atoms with Gasteiger partial charge in [0.2, 0.25) is 11.8 Å². The van der Waals surface area contributed by atoms with Crippen LogP contribution in [0.1, 0.15) is 25.7 Å². The first-order valence-electron chi connectivity index (χ1n) is 8.97. The van der Waals surface area contributed by atoms with E-state index in [2.05, 4.69) is 31.7 Å². The summed E-state index contributed by atoms with van der Waals surface area (Å²) in [5.41, 5.74) is -0.285. The third-order valence-electron chi connectivity index (χ3n) is 4.65. The molecule has 1 amide bonds. The lowest BCUT2D eigenvalue weighted by atomic mass is 10.1. The average Bonchev–Trinajstić information content (AvgIpc) is 3.44. The monoisotopic (exact) mass is 456 g/mol. The van der Waals surface area contributed by atoms with E-state index in [9.17, 15) is 9.59 Å². The van der Waals surface area contributed by atoms with Gasteiger partial charge in [-0.15, -0.1) is 17.5 Å². The molecule has 2 N–H and O–H groups in total. The minimum absolute atomic E-state index is 0. The van der Waals surface area contributed by atoms with Crippen LogP contribution < -0.4 is 20.9 Å². The van der Waals surface area contributed by atoms with Crippen molar-refractivity contribution in [1.82, 2.24) is 20.4 Å². The lowest BCUT2D eigenvalue weighted by molar-refractivity contribution is -0.122. The molecule has 0 unspecified atom stereocenters. The number of ether oxygens (including phenoxy) is 1. The Morgan fingerprint density at radius 2 is 2.15 bits per heavy atom. The number of hydrogen-bond acceptors (Lipinski definition) is 5. The highest BCUT2D eigenvalue weighted by atomic mass is 79.9. The molecule has 1 aliphatic heterocycles. The first-order chi connectivity index (χ1) is 12.6. The average molecular weight is 458 g/mol. The van der Waals surface area contributed by atoms with Gasteiger partial charge in [0.15, 0.2) is 0 Å². The van der Waals surface area contributed by atoms with Crippen LogP contribution in [0.2, 0.25) is 0 Å². The number of amides is 1. The molecule has 0 spiro atoms. The van der Waals surface area contributed by atoms with E-state index < -0.39 is 0 Å². The molecule has 1 atom stereocenters. The molecule has 2 fully saturated rings. The number of benzene rings is 1. The second-order valence-electron chi connectivity index (χ2n) is 6.89. The van der Waals surface area contributed by atoms with E-state index in [1.54, 1.807) is 6.07 Å². The van der Waals surface area contributed by atoms with Gasteiger partial charge in [0.05, 0.1) is 10.8 Å². The van der Waals surface area contributed by atoms with Gasteiger partial charge >= 0.3 is 0 Å². The number of hydrogen-bond donors (Lipinski definition) is 2. The van der Waals surface area contributed by atoms with Gasteiger partial charge in [-0.1, -0.05) is 15.9 Å². The van der Waals surface area contributed by atoms with Crippen molar-refractivity contribution in [3.63, 3.8) is 0 Å². The molecule has 1 saturated heterocycles. The molecule has 27 heavy (non-hydrogen) atoms. The van der Waals surface area contributed by atoms with Crippen molar-refractivity contribution in [2.75, 3.05) is 13.1 Å². The van der Waals surface area contributed by atoms with Crippen LogP contribution in [0.5, 0.6) is 5.88 Å². The summed E-state index contributed by atoms with van der Waals surface area (Å²) in [7, 11) is 0. The Balaban J connectivity index is 0.00000210. The van der Waals surface area contributed by atoms with E-state index in [0.29, 0.717) is 16.7 Å². The number of nitrogens with zero attached hydrogens (tertiary/aromatic N) is 2. The Morgan fingerprint density at radius 3 is 2.85 bits per heavy atom. The number of halogens is 2. The van der Waals surface area contributed by atoms with Crippen LogP contribution >= 0.6 is 28.3 Å². The zero-order valence-electron chi connectivity index (χ0n) is 14.7. The molecular formula is C18H22BrClN4O3. The Kier molecular flexibility index (Phi) is 6.39. The Hall–Kier alpha value is -1.64. The van der Waals surface area contributed by atoms with Gasteiger partial charge in [-0.2, -0.15) is 0 Å². The largest absolute Gasteiger partial charge is 0.473 e. The highest BCUT2D eigenvalue weighted by Gasteiger charge is 2.26. The second-order valence-corrected chi connectivity index (χ2v) is 7.80. The predicted octanol–water partition coefficient (Wildman–Crippen LogP) is 1.99. The van der Waals surface area contributed by atoms with Gasteiger partial charge in [-0.25, -0.2) is 4.68 Å². The highest BCUT2D eigenvalue weighted by molar-refractivity contribution is 9.10. The summed E-state index contributed by atoms with van der Waals surface area (Å²) in [5.74, 6) is 0.206. The molecule has 2 aliphatic rings. The van der Waals surface area contributed by atoms with Crippen molar-refractivity contribution >= 4 is 45.0 Å². The number of aromatic nitrogens is 2. The van der Waals surface area contributed by atoms with Gasteiger partial charge in [-0.05, 0) is 50.4 Å². The summed E-state index contributed by atoms with van der Waals surface area (Å²) < 4.78 is 7.95. The first-order valence-corrected chi connectivity index (χ1v) is 9.76. The summed E-state index contributed by atoms with van der Waals surface area (Å²) in [6.07, 6.45) is 4.12. The summed E-state index contributed by atoms with van der Waals surface area (Å²) in [6, 6.07) is 5.48. The van der Waals surface area contributed by atoms with Gasteiger partial charge < -0.3 is 15.4 Å². The van der Waals surface area contributed by atoms with E-state index in [1.165, 1.54) is 4.68 Å². The van der Waals surface area contributed by atoms with E-state index in [0.717, 1.165) is 43.2 Å². The molecule has 7 nitrogen and oxygen atoms in total. The molecule has 1 saturated carbocycles. The van der Waals surface area contributed by atoms with Crippen LogP contribution in [-0.4, -0.2) is 40.9 Å². The lowest BCUT2D eigenvalue weighted by Crippen LogP contribution is -2.47. The zero-order chi connectivity index (χ0) is 18.1. The number of carbonyl (C=O) groups excluding carboxylic acids is 1. The lowest BCUT2D eigenvalue weighted by Gasteiger charge is -2.23. The maximum atomic E-state index is 12.8.